The molecule has 28 heavy (non-hydrogen) atoms. The summed E-state index contributed by atoms with van der Waals surface area (Å²) >= 11 is 0. The van der Waals surface area contributed by atoms with Crippen LogP contribution in [0.2, 0.25) is 0 Å². The Morgan fingerprint density at radius 1 is 0.786 bits per heavy atom. The molecule has 138 valence electrons. The van der Waals surface area contributed by atoms with Gasteiger partial charge in [-0.25, -0.2) is 0 Å². The molecule has 0 unspecified atom stereocenters. The zero-order valence-corrected chi connectivity index (χ0v) is 15.8. The van der Waals surface area contributed by atoms with E-state index < -0.39 is 0 Å². The molecule has 0 N–H and O–H groups in total. The van der Waals surface area contributed by atoms with Crippen LogP contribution >= 0.6 is 0 Å². The van der Waals surface area contributed by atoms with E-state index in [1.54, 1.807) is 10.8 Å². The minimum atomic E-state index is -0.139. The van der Waals surface area contributed by atoms with Crippen molar-refractivity contribution < 1.29 is 9.59 Å². The van der Waals surface area contributed by atoms with Crippen molar-refractivity contribution in [2.75, 3.05) is 0 Å². The lowest BCUT2D eigenvalue weighted by Crippen LogP contribution is -2.12. The van der Waals surface area contributed by atoms with E-state index in [2.05, 4.69) is 0 Å². The number of rotatable bonds is 5. The first-order chi connectivity index (χ1) is 13.7. The normalized spacial score (nSPS) is 10.9. The SMILES string of the molecule is CCCC(=O)c1cc(-c2ccccc2)n(C(=O)c2ccc3ccccc3c2)c1. The molecule has 0 fully saturated rings. The standard InChI is InChI=1S/C25H21NO2/c1-2-8-24(27)22-16-23(19-10-4-3-5-11-19)26(17-22)25(28)21-14-13-18-9-6-7-12-20(18)15-21/h3-7,9-17H,2,8H2,1H3. The van der Waals surface area contributed by atoms with Crippen LogP contribution in [0, 0.1) is 0 Å². The fourth-order valence-corrected chi connectivity index (χ4v) is 3.45. The fraction of sp³-hybridized carbons (Fsp3) is 0.120. The second-order valence-electron chi connectivity index (χ2n) is 6.89. The topological polar surface area (TPSA) is 39.1 Å². The minimum absolute atomic E-state index is 0.0599. The first-order valence-electron chi connectivity index (χ1n) is 9.52. The van der Waals surface area contributed by atoms with Gasteiger partial charge in [-0.05, 0) is 41.0 Å². The quantitative estimate of drug-likeness (QED) is 0.407. The predicted octanol–water partition coefficient (Wildman–Crippen LogP) is 5.98. The summed E-state index contributed by atoms with van der Waals surface area (Å²) in [5, 5.41) is 2.11. The minimum Gasteiger partial charge on any atom is -0.294 e. The van der Waals surface area contributed by atoms with Gasteiger partial charge in [0.15, 0.2) is 5.78 Å². The number of ketones is 1. The molecule has 0 saturated carbocycles. The number of fused-ring (bicyclic) bond motifs is 1. The molecular formula is C25H21NO2. The lowest BCUT2D eigenvalue weighted by molar-refractivity contribution is 0.0962. The summed E-state index contributed by atoms with van der Waals surface area (Å²) in [4.78, 5) is 25.8. The van der Waals surface area contributed by atoms with Crippen LogP contribution in [0.1, 0.15) is 40.5 Å². The first kappa shape index (κ1) is 17.9. The number of carbonyl (C=O) groups is 2. The molecule has 4 rings (SSSR count). The van der Waals surface area contributed by atoms with Crippen molar-refractivity contribution in [1.29, 1.82) is 0 Å². The molecule has 3 heteroatoms. The van der Waals surface area contributed by atoms with E-state index in [1.807, 2.05) is 85.8 Å². The molecule has 0 bridgehead atoms. The number of carbonyl (C=O) groups excluding carboxylic acids is 2. The Hall–Kier alpha value is -3.46. The van der Waals surface area contributed by atoms with Crippen LogP contribution < -0.4 is 0 Å². The van der Waals surface area contributed by atoms with Gasteiger partial charge in [-0.1, -0.05) is 67.6 Å². The van der Waals surface area contributed by atoms with Crippen molar-refractivity contribution in [1.82, 2.24) is 4.57 Å². The Morgan fingerprint density at radius 2 is 1.50 bits per heavy atom. The van der Waals surface area contributed by atoms with Crippen LogP contribution in [0.3, 0.4) is 0 Å². The highest BCUT2D eigenvalue weighted by atomic mass is 16.2. The fourth-order valence-electron chi connectivity index (χ4n) is 3.45. The lowest BCUT2D eigenvalue weighted by Gasteiger charge is -2.09. The van der Waals surface area contributed by atoms with Crippen molar-refractivity contribution >= 4 is 22.5 Å². The Labute approximate surface area is 164 Å². The average molecular weight is 367 g/mol. The molecule has 0 aliphatic rings. The molecule has 3 aromatic carbocycles. The van der Waals surface area contributed by atoms with Crippen LogP contribution in [-0.2, 0) is 0 Å². The van der Waals surface area contributed by atoms with Gasteiger partial charge in [0.2, 0.25) is 0 Å². The summed E-state index contributed by atoms with van der Waals surface area (Å²) in [5.74, 6) is -0.0788. The zero-order valence-electron chi connectivity index (χ0n) is 15.8. The van der Waals surface area contributed by atoms with E-state index in [-0.39, 0.29) is 11.7 Å². The monoisotopic (exact) mass is 367 g/mol. The molecule has 0 aliphatic heterocycles. The molecule has 0 aliphatic carbocycles. The molecule has 0 radical (unpaired) electrons. The van der Waals surface area contributed by atoms with Gasteiger partial charge >= 0.3 is 0 Å². The largest absolute Gasteiger partial charge is 0.294 e. The second-order valence-corrected chi connectivity index (χ2v) is 6.89. The predicted molar refractivity (Wildman–Crippen MR) is 113 cm³/mol. The summed E-state index contributed by atoms with van der Waals surface area (Å²) in [7, 11) is 0. The van der Waals surface area contributed by atoms with Crippen molar-refractivity contribution in [3.63, 3.8) is 0 Å². The molecular weight excluding hydrogens is 346 g/mol. The Kier molecular flexibility index (Phi) is 4.90. The van der Waals surface area contributed by atoms with Crippen molar-refractivity contribution in [3.05, 3.63) is 96.2 Å². The van der Waals surface area contributed by atoms with E-state index in [4.69, 9.17) is 0 Å². The van der Waals surface area contributed by atoms with E-state index in [1.165, 1.54) is 0 Å². The highest BCUT2D eigenvalue weighted by Crippen LogP contribution is 2.25. The first-order valence-corrected chi connectivity index (χ1v) is 9.52. The summed E-state index contributed by atoms with van der Waals surface area (Å²) in [6.07, 6.45) is 2.93. The van der Waals surface area contributed by atoms with E-state index in [0.717, 1.165) is 28.5 Å². The van der Waals surface area contributed by atoms with Gasteiger partial charge in [0, 0.05) is 23.7 Å². The maximum Gasteiger partial charge on any atom is 0.262 e. The van der Waals surface area contributed by atoms with Crippen molar-refractivity contribution in [2.45, 2.75) is 19.8 Å². The van der Waals surface area contributed by atoms with Crippen molar-refractivity contribution in [3.8, 4) is 11.3 Å². The van der Waals surface area contributed by atoms with Gasteiger partial charge < -0.3 is 0 Å². The Morgan fingerprint density at radius 3 is 2.25 bits per heavy atom. The smallest absolute Gasteiger partial charge is 0.262 e. The van der Waals surface area contributed by atoms with Crippen LogP contribution in [0.5, 0.6) is 0 Å². The summed E-state index contributed by atoms with van der Waals surface area (Å²) in [6.45, 7) is 1.98. The molecule has 3 nitrogen and oxygen atoms in total. The Balaban J connectivity index is 1.82. The maximum absolute atomic E-state index is 13.3. The van der Waals surface area contributed by atoms with Gasteiger partial charge in [0.25, 0.3) is 5.91 Å². The third-order valence-corrected chi connectivity index (χ3v) is 4.90. The van der Waals surface area contributed by atoms with E-state index in [9.17, 15) is 9.59 Å². The molecule has 4 aromatic rings. The average Bonchev–Trinajstić information content (AvgIpc) is 3.19. The molecule has 0 amide bonds. The maximum atomic E-state index is 13.3. The number of nitrogens with zero attached hydrogens (tertiary/aromatic N) is 1. The molecule has 1 aromatic heterocycles. The number of benzene rings is 3. The number of Topliss-reactive ketones (excluding diaryl/α,β-unsaturated/α-hetero) is 1. The third-order valence-electron chi connectivity index (χ3n) is 4.90. The summed E-state index contributed by atoms with van der Waals surface area (Å²) in [5.41, 5.74) is 2.82. The van der Waals surface area contributed by atoms with Crippen LogP contribution in [0.4, 0.5) is 0 Å². The van der Waals surface area contributed by atoms with Crippen LogP contribution in [-0.4, -0.2) is 16.3 Å². The lowest BCUT2D eigenvalue weighted by atomic mass is 10.1. The number of aromatic nitrogens is 1. The molecule has 1 heterocycles. The summed E-state index contributed by atoms with van der Waals surface area (Å²) < 4.78 is 1.60. The third kappa shape index (κ3) is 3.39. The number of hydrogen-bond donors (Lipinski definition) is 0. The highest BCUT2D eigenvalue weighted by Gasteiger charge is 2.18. The van der Waals surface area contributed by atoms with Crippen LogP contribution in [0.25, 0.3) is 22.0 Å². The molecule has 0 atom stereocenters. The second kappa shape index (κ2) is 7.65. The molecule has 0 spiro atoms. The molecule has 0 saturated heterocycles. The van der Waals surface area contributed by atoms with Gasteiger partial charge in [0.1, 0.15) is 0 Å². The van der Waals surface area contributed by atoms with Gasteiger partial charge in [-0.3, -0.25) is 14.2 Å². The van der Waals surface area contributed by atoms with Gasteiger partial charge in [0.05, 0.1) is 5.69 Å². The number of hydrogen-bond acceptors (Lipinski definition) is 2. The Bertz CT molecular complexity index is 1160. The zero-order chi connectivity index (χ0) is 19.5. The van der Waals surface area contributed by atoms with Crippen molar-refractivity contribution in [2.24, 2.45) is 0 Å². The van der Waals surface area contributed by atoms with Gasteiger partial charge in [-0.15, -0.1) is 0 Å². The van der Waals surface area contributed by atoms with E-state index in [0.29, 0.717) is 17.5 Å². The highest BCUT2D eigenvalue weighted by molar-refractivity contribution is 6.04. The van der Waals surface area contributed by atoms with Crippen LogP contribution in [0.15, 0.2) is 85.1 Å². The van der Waals surface area contributed by atoms with Gasteiger partial charge in [-0.2, -0.15) is 0 Å². The summed E-state index contributed by atoms with van der Waals surface area (Å²) in [6, 6.07) is 25.2. The van der Waals surface area contributed by atoms with E-state index >= 15 is 0 Å².